The maximum absolute atomic E-state index is 12.3. The second kappa shape index (κ2) is 7.79. The molecular formula is C17H24ClN3O2. The molecule has 1 saturated heterocycles. The number of benzene rings is 1. The van der Waals surface area contributed by atoms with E-state index in [1.807, 2.05) is 24.0 Å². The van der Waals surface area contributed by atoms with Gasteiger partial charge in [-0.15, -0.1) is 12.4 Å². The highest BCUT2D eigenvalue weighted by molar-refractivity contribution is 5.86. The largest absolute Gasteiger partial charge is 0.347 e. The van der Waals surface area contributed by atoms with Crippen molar-refractivity contribution in [2.75, 3.05) is 26.2 Å². The molecule has 2 aliphatic heterocycles. The highest BCUT2D eigenvalue weighted by Crippen LogP contribution is 2.18. The van der Waals surface area contributed by atoms with Gasteiger partial charge in [-0.05, 0) is 36.6 Å². The van der Waals surface area contributed by atoms with Gasteiger partial charge >= 0.3 is 0 Å². The van der Waals surface area contributed by atoms with Crippen LogP contribution in [0.25, 0.3) is 0 Å². The molecule has 0 bridgehead atoms. The lowest BCUT2D eigenvalue weighted by Gasteiger charge is -2.32. The molecule has 3 rings (SSSR count). The minimum Gasteiger partial charge on any atom is -0.347 e. The van der Waals surface area contributed by atoms with Crippen LogP contribution in [0.2, 0.25) is 0 Å². The van der Waals surface area contributed by atoms with Crippen molar-refractivity contribution < 1.29 is 9.59 Å². The fraction of sp³-hybridized carbons (Fsp3) is 0.529. The molecule has 1 fully saturated rings. The smallest absolute Gasteiger partial charge is 0.242 e. The molecule has 5 nitrogen and oxygen atoms in total. The standard InChI is InChI=1S/C17H23N3O2.ClH/c1-12(15-8-18-9-15)17(22)19-10-16(21)20-7-6-13-4-2-3-5-14(13)11-20;/h2-5,12,15,18H,6-11H2,1H3,(H,19,22);1H. The van der Waals surface area contributed by atoms with Crippen LogP contribution in [0.3, 0.4) is 0 Å². The van der Waals surface area contributed by atoms with Crippen molar-refractivity contribution in [2.24, 2.45) is 11.8 Å². The Morgan fingerprint density at radius 2 is 2.00 bits per heavy atom. The van der Waals surface area contributed by atoms with Crippen LogP contribution >= 0.6 is 12.4 Å². The molecule has 23 heavy (non-hydrogen) atoms. The van der Waals surface area contributed by atoms with E-state index < -0.39 is 0 Å². The van der Waals surface area contributed by atoms with E-state index in [9.17, 15) is 9.59 Å². The highest BCUT2D eigenvalue weighted by Gasteiger charge is 2.29. The molecule has 1 atom stereocenters. The first-order chi connectivity index (χ1) is 10.6. The Morgan fingerprint density at radius 1 is 1.30 bits per heavy atom. The lowest BCUT2D eigenvalue weighted by Crippen LogP contribution is -2.51. The molecule has 2 amide bonds. The van der Waals surface area contributed by atoms with Crippen molar-refractivity contribution in [1.82, 2.24) is 15.5 Å². The molecule has 0 spiro atoms. The zero-order valence-corrected chi connectivity index (χ0v) is 14.2. The number of hydrogen-bond donors (Lipinski definition) is 2. The minimum atomic E-state index is -0.0314. The Labute approximate surface area is 143 Å². The van der Waals surface area contributed by atoms with Gasteiger partial charge in [0.2, 0.25) is 11.8 Å². The van der Waals surface area contributed by atoms with Crippen molar-refractivity contribution in [3.63, 3.8) is 0 Å². The molecule has 2 heterocycles. The van der Waals surface area contributed by atoms with E-state index in [-0.39, 0.29) is 36.7 Å². The Morgan fingerprint density at radius 3 is 2.65 bits per heavy atom. The number of nitrogens with zero attached hydrogens (tertiary/aromatic N) is 1. The van der Waals surface area contributed by atoms with Crippen LogP contribution in [0, 0.1) is 11.8 Å². The number of carbonyl (C=O) groups is 2. The highest BCUT2D eigenvalue weighted by atomic mass is 35.5. The summed E-state index contributed by atoms with van der Waals surface area (Å²) in [4.78, 5) is 26.2. The maximum atomic E-state index is 12.3. The van der Waals surface area contributed by atoms with Crippen molar-refractivity contribution in [3.05, 3.63) is 35.4 Å². The molecule has 6 heteroatoms. The van der Waals surface area contributed by atoms with E-state index in [1.165, 1.54) is 11.1 Å². The average Bonchev–Trinajstić information content (AvgIpc) is 2.50. The van der Waals surface area contributed by atoms with Crippen LogP contribution in [0.4, 0.5) is 0 Å². The van der Waals surface area contributed by atoms with Gasteiger partial charge in [-0.25, -0.2) is 0 Å². The van der Waals surface area contributed by atoms with E-state index in [2.05, 4.69) is 22.8 Å². The van der Waals surface area contributed by atoms with Gasteiger partial charge in [-0.3, -0.25) is 9.59 Å². The molecule has 1 unspecified atom stereocenters. The van der Waals surface area contributed by atoms with Crippen LogP contribution in [0.15, 0.2) is 24.3 Å². The summed E-state index contributed by atoms with van der Waals surface area (Å²) in [6.07, 6.45) is 0.889. The quantitative estimate of drug-likeness (QED) is 0.860. The first-order valence-electron chi connectivity index (χ1n) is 7.98. The Hall–Kier alpha value is -1.59. The van der Waals surface area contributed by atoms with Gasteiger partial charge in [0, 0.05) is 19.0 Å². The molecule has 2 N–H and O–H groups in total. The van der Waals surface area contributed by atoms with Gasteiger partial charge in [0.15, 0.2) is 0 Å². The third-order valence-corrected chi connectivity index (χ3v) is 4.83. The van der Waals surface area contributed by atoms with Crippen LogP contribution in [0.5, 0.6) is 0 Å². The van der Waals surface area contributed by atoms with Gasteiger partial charge in [0.1, 0.15) is 0 Å². The third-order valence-electron chi connectivity index (χ3n) is 4.83. The summed E-state index contributed by atoms with van der Waals surface area (Å²) in [5, 5.41) is 5.96. The second-order valence-corrected chi connectivity index (χ2v) is 6.26. The number of rotatable bonds is 4. The molecule has 0 saturated carbocycles. The van der Waals surface area contributed by atoms with E-state index in [1.54, 1.807) is 0 Å². The number of carbonyl (C=O) groups excluding carboxylic acids is 2. The fourth-order valence-electron chi connectivity index (χ4n) is 3.02. The summed E-state index contributed by atoms with van der Waals surface area (Å²) in [6, 6.07) is 8.22. The summed E-state index contributed by atoms with van der Waals surface area (Å²) in [6.45, 7) is 5.20. The van der Waals surface area contributed by atoms with E-state index in [0.29, 0.717) is 12.5 Å². The number of nitrogens with one attached hydrogen (secondary N) is 2. The summed E-state index contributed by atoms with van der Waals surface area (Å²) >= 11 is 0. The lowest BCUT2D eigenvalue weighted by molar-refractivity contribution is -0.135. The van der Waals surface area contributed by atoms with Crippen molar-refractivity contribution >= 4 is 24.2 Å². The second-order valence-electron chi connectivity index (χ2n) is 6.26. The first-order valence-corrected chi connectivity index (χ1v) is 7.98. The molecule has 2 aliphatic rings. The maximum Gasteiger partial charge on any atom is 0.242 e. The molecule has 0 aromatic heterocycles. The third kappa shape index (κ3) is 4.03. The predicted octanol–water partition coefficient (Wildman–Crippen LogP) is 0.965. The Balaban J connectivity index is 0.00000192. The van der Waals surface area contributed by atoms with Crippen molar-refractivity contribution in [1.29, 1.82) is 0 Å². The first kappa shape index (κ1) is 17.8. The van der Waals surface area contributed by atoms with Crippen LogP contribution in [-0.4, -0.2) is 42.9 Å². The van der Waals surface area contributed by atoms with E-state index >= 15 is 0 Å². The number of halogens is 1. The number of fused-ring (bicyclic) bond motifs is 1. The van der Waals surface area contributed by atoms with E-state index in [0.717, 1.165) is 26.1 Å². The topological polar surface area (TPSA) is 61.4 Å². The summed E-state index contributed by atoms with van der Waals surface area (Å²) < 4.78 is 0. The number of amides is 2. The van der Waals surface area contributed by atoms with E-state index in [4.69, 9.17) is 0 Å². The van der Waals surface area contributed by atoms with Crippen molar-refractivity contribution in [2.45, 2.75) is 19.9 Å². The van der Waals surface area contributed by atoms with Gasteiger partial charge in [-0.2, -0.15) is 0 Å². The van der Waals surface area contributed by atoms with Crippen LogP contribution in [0.1, 0.15) is 18.1 Å². The van der Waals surface area contributed by atoms with Crippen LogP contribution in [-0.2, 0) is 22.6 Å². The molecule has 0 aliphatic carbocycles. The zero-order valence-electron chi connectivity index (χ0n) is 13.4. The molecule has 1 aromatic carbocycles. The van der Waals surface area contributed by atoms with Crippen LogP contribution < -0.4 is 10.6 Å². The van der Waals surface area contributed by atoms with Gasteiger partial charge < -0.3 is 15.5 Å². The zero-order chi connectivity index (χ0) is 15.5. The summed E-state index contributed by atoms with van der Waals surface area (Å²) in [5.74, 6) is 0.354. The van der Waals surface area contributed by atoms with Gasteiger partial charge in [0.05, 0.1) is 6.54 Å². The SMILES string of the molecule is CC(C(=O)NCC(=O)N1CCc2ccccc2C1)C1CNC1.Cl. The molecule has 126 valence electrons. The molecule has 0 radical (unpaired) electrons. The van der Waals surface area contributed by atoms with Gasteiger partial charge in [-0.1, -0.05) is 31.2 Å². The average molecular weight is 338 g/mol. The fourth-order valence-corrected chi connectivity index (χ4v) is 3.02. The summed E-state index contributed by atoms with van der Waals surface area (Å²) in [5.41, 5.74) is 2.53. The monoisotopic (exact) mass is 337 g/mol. The Kier molecular flexibility index (Phi) is 6.02. The van der Waals surface area contributed by atoms with Crippen molar-refractivity contribution in [3.8, 4) is 0 Å². The Bertz CT molecular complexity index is 575. The number of hydrogen-bond acceptors (Lipinski definition) is 3. The normalized spacial score (nSPS) is 18.2. The predicted molar refractivity (Wildman–Crippen MR) is 91.3 cm³/mol. The lowest BCUT2D eigenvalue weighted by atomic mass is 9.88. The summed E-state index contributed by atoms with van der Waals surface area (Å²) in [7, 11) is 0. The molecular weight excluding hydrogens is 314 g/mol. The molecule has 1 aromatic rings. The van der Waals surface area contributed by atoms with Gasteiger partial charge in [0.25, 0.3) is 0 Å². The minimum absolute atomic E-state index is 0.